The van der Waals surface area contributed by atoms with Gasteiger partial charge in [-0.25, -0.2) is 9.50 Å². The van der Waals surface area contributed by atoms with Crippen LogP contribution < -0.4 is 5.73 Å². The van der Waals surface area contributed by atoms with Crippen molar-refractivity contribution in [2.45, 2.75) is 45.2 Å². The summed E-state index contributed by atoms with van der Waals surface area (Å²) in [6.45, 7) is 5.68. The average Bonchev–Trinajstić information content (AvgIpc) is 2.81. The van der Waals surface area contributed by atoms with Crippen LogP contribution in [-0.2, 0) is 0 Å². The third kappa shape index (κ3) is 2.18. The summed E-state index contributed by atoms with van der Waals surface area (Å²) in [6, 6.07) is 0.983. The molecule has 1 saturated heterocycles. The standard InChI is InChI=1S/C14H21N5/c1-10(2)18-6-4-3-5-13(18)12-8-17-19-9-11(15)7-16-14(12)19/h7-10,13H,3-6,15H2,1-2H3. The Kier molecular flexibility index (Phi) is 3.14. The first kappa shape index (κ1) is 12.4. The molecule has 0 aliphatic carbocycles. The fourth-order valence-corrected chi connectivity index (χ4v) is 3.05. The van der Waals surface area contributed by atoms with Crippen LogP contribution in [0.25, 0.3) is 5.65 Å². The lowest BCUT2D eigenvalue weighted by atomic mass is 9.95. The van der Waals surface area contributed by atoms with E-state index in [2.05, 4.69) is 28.8 Å². The molecule has 3 heterocycles. The Hall–Kier alpha value is -1.62. The smallest absolute Gasteiger partial charge is 0.159 e. The quantitative estimate of drug-likeness (QED) is 0.898. The van der Waals surface area contributed by atoms with E-state index in [0.717, 1.165) is 12.2 Å². The van der Waals surface area contributed by atoms with Crippen LogP contribution in [0.15, 0.2) is 18.6 Å². The second-order valence-corrected chi connectivity index (χ2v) is 5.60. The molecule has 0 amide bonds. The van der Waals surface area contributed by atoms with Gasteiger partial charge in [0.1, 0.15) is 0 Å². The van der Waals surface area contributed by atoms with E-state index < -0.39 is 0 Å². The third-order valence-corrected chi connectivity index (χ3v) is 3.97. The highest BCUT2D eigenvalue weighted by Gasteiger charge is 2.28. The summed E-state index contributed by atoms with van der Waals surface area (Å²) < 4.78 is 1.79. The van der Waals surface area contributed by atoms with Gasteiger partial charge in [0, 0.05) is 17.6 Å². The maximum absolute atomic E-state index is 5.75. The number of nitrogens with zero attached hydrogens (tertiary/aromatic N) is 4. The van der Waals surface area contributed by atoms with Gasteiger partial charge in [0.05, 0.1) is 24.3 Å². The van der Waals surface area contributed by atoms with Crippen molar-refractivity contribution >= 4 is 11.3 Å². The average molecular weight is 259 g/mol. The van der Waals surface area contributed by atoms with Gasteiger partial charge in [0.2, 0.25) is 0 Å². The lowest BCUT2D eigenvalue weighted by Gasteiger charge is -2.38. The minimum absolute atomic E-state index is 0.433. The topological polar surface area (TPSA) is 59.5 Å². The van der Waals surface area contributed by atoms with Gasteiger partial charge < -0.3 is 5.73 Å². The SMILES string of the molecule is CC(C)N1CCCCC1c1cnn2cc(N)cnc12. The van der Waals surface area contributed by atoms with Crippen LogP contribution >= 0.6 is 0 Å². The van der Waals surface area contributed by atoms with Crippen LogP contribution in [0, 0.1) is 0 Å². The Morgan fingerprint density at radius 3 is 2.95 bits per heavy atom. The van der Waals surface area contributed by atoms with E-state index in [1.165, 1.54) is 24.8 Å². The van der Waals surface area contributed by atoms with Crippen LogP contribution in [0.3, 0.4) is 0 Å². The maximum atomic E-state index is 5.75. The van der Waals surface area contributed by atoms with Crippen molar-refractivity contribution in [2.75, 3.05) is 12.3 Å². The number of fused-ring (bicyclic) bond motifs is 1. The minimum Gasteiger partial charge on any atom is -0.396 e. The molecule has 1 fully saturated rings. The first-order valence-corrected chi connectivity index (χ1v) is 7.01. The molecular formula is C14H21N5. The second kappa shape index (κ2) is 4.81. The summed E-state index contributed by atoms with van der Waals surface area (Å²) >= 11 is 0. The normalized spacial score (nSPS) is 21.3. The van der Waals surface area contributed by atoms with Gasteiger partial charge in [0.25, 0.3) is 0 Å². The zero-order valence-electron chi connectivity index (χ0n) is 11.6. The number of hydrogen-bond acceptors (Lipinski definition) is 4. The molecule has 0 radical (unpaired) electrons. The molecule has 1 aliphatic rings. The van der Waals surface area contributed by atoms with E-state index in [0.29, 0.717) is 17.8 Å². The van der Waals surface area contributed by atoms with E-state index in [1.54, 1.807) is 10.7 Å². The Labute approximate surface area is 113 Å². The number of anilines is 1. The molecule has 1 atom stereocenters. The molecule has 0 aromatic carbocycles. The van der Waals surface area contributed by atoms with Crippen molar-refractivity contribution in [1.29, 1.82) is 0 Å². The number of piperidine rings is 1. The Bertz CT molecular complexity index is 574. The highest BCUT2D eigenvalue weighted by atomic mass is 15.3. The van der Waals surface area contributed by atoms with Crippen LogP contribution in [-0.4, -0.2) is 32.1 Å². The minimum atomic E-state index is 0.433. The number of hydrogen-bond donors (Lipinski definition) is 1. The number of aromatic nitrogens is 3. The molecule has 2 aromatic heterocycles. The zero-order valence-corrected chi connectivity index (χ0v) is 11.6. The lowest BCUT2D eigenvalue weighted by Crippen LogP contribution is -2.38. The first-order valence-electron chi connectivity index (χ1n) is 7.01. The molecule has 2 aromatic rings. The van der Waals surface area contributed by atoms with Crippen molar-refractivity contribution in [1.82, 2.24) is 19.5 Å². The Morgan fingerprint density at radius 2 is 2.16 bits per heavy atom. The molecule has 19 heavy (non-hydrogen) atoms. The van der Waals surface area contributed by atoms with E-state index in [9.17, 15) is 0 Å². The van der Waals surface area contributed by atoms with E-state index >= 15 is 0 Å². The predicted octanol–water partition coefficient (Wildman–Crippen LogP) is 2.25. The molecule has 5 nitrogen and oxygen atoms in total. The molecule has 1 unspecified atom stereocenters. The highest BCUT2D eigenvalue weighted by molar-refractivity contribution is 5.51. The fourth-order valence-electron chi connectivity index (χ4n) is 3.05. The molecular weight excluding hydrogens is 238 g/mol. The number of likely N-dealkylation sites (tertiary alicyclic amines) is 1. The maximum Gasteiger partial charge on any atom is 0.159 e. The number of nitrogen functional groups attached to an aromatic ring is 1. The van der Waals surface area contributed by atoms with Crippen LogP contribution in [0.2, 0.25) is 0 Å². The van der Waals surface area contributed by atoms with Gasteiger partial charge in [-0.3, -0.25) is 4.90 Å². The molecule has 1 aliphatic heterocycles. The molecule has 0 saturated carbocycles. The second-order valence-electron chi connectivity index (χ2n) is 5.60. The highest BCUT2D eigenvalue weighted by Crippen LogP contribution is 2.34. The van der Waals surface area contributed by atoms with E-state index in [4.69, 9.17) is 5.73 Å². The fraction of sp³-hybridized carbons (Fsp3) is 0.571. The molecule has 3 rings (SSSR count). The third-order valence-electron chi connectivity index (χ3n) is 3.97. The van der Waals surface area contributed by atoms with Crippen LogP contribution in [0.5, 0.6) is 0 Å². The molecule has 102 valence electrons. The monoisotopic (exact) mass is 259 g/mol. The number of rotatable bonds is 2. The molecule has 0 bridgehead atoms. The summed E-state index contributed by atoms with van der Waals surface area (Å²) in [6.07, 6.45) is 9.24. The lowest BCUT2D eigenvalue weighted by molar-refractivity contribution is 0.113. The Morgan fingerprint density at radius 1 is 1.32 bits per heavy atom. The summed E-state index contributed by atoms with van der Waals surface area (Å²) in [5.74, 6) is 0. The summed E-state index contributed by atoms with van der Waals surface area (Å²) in [5, 5.41) is 4.40. The summed E-state index contributed by atoms with van der Waals surface area (Å²) in [4.78, 5) is 7.01. The largest absolute Gasteiger partial charge is 0.396 e. The van der Waals surface area contributed by atoms with Crippen molar-refractivity contribution < 1.29 is 0 Å². The van der Waals surface area contributed by atoms with Crippen LogP contribution in [0.1, 0.15) is 44.7 Å². The zero-order chi connectivity index (χ0) is 13.4. The van der Waals surface area contributed by atoms with Crippen LogP contribution in [0.4, 0.5) is 5.69 Å². The van der Waals surface area contributed by atoms with Crippen molar-refractivity contribution in [3.63, 3.8) is 0 Å². The summed E-state index contributed by atoms with van der Waals surface area (Å²) in [7, 11) is 0. The molecule has 5 heteroatoms. The van der Waals surface area contributed by atoms with Gasteiger partial charge in [-0.1, -0.05) is 6.42 Å². The predicted molar refractivity (Wildman–Crippen MR) is 75.8 cm³/mol. The Balaban J connectivity index is 2.02. The first-order chi connectivity index (χ1) is 9.16. The van der Waals surface area contributed by atoms with E-state index in [-0.39, 0.29) is 0 Å². The van der Waals surface area contributed by atoms with Gasteiger partial charge >= 0.3 is 0 Å². The number of nitrogens with two attached hydrogens (primary N) is 1. The van der Waals surface area contributed by atoms with Crippen molar-refractivity contribution in [3.05, 3.63) is 24.2 Å². The van der Waals surface area contributed by atoms with Gasteiger partial charge in [-0.2, -0.15) is 5.10 Å². The molecule has 2 N–H and O–H groups in total. The van der Waals surface area contributed by atoms with E-state index in [1.807, 2.05) is 12.4 Å². The van der Waals surface area contributed by atoms with Gasteiger partial charge in [0.15, 0.2) is 5.65 Å². The summed E-state index contributed by atoms with van der Waals surface area (Å²) in [5.41, 5.74) is 8.57. The van der Waals surface area contributed by atoms with Gasteiger partial charge in [-0.15, -0.1) is 0 Å². The van der Waals surface area contributed by atoms with Crippen molar-refractivity contribution in [3.8, 4) is 0 Å². The van der Waals surface area contributed by atoms with Gasteiger partial charge in [-0.05, 0) is 33.2 Å². The van der Waals surface area contributed by atoms with Crippen molar-refractivity contribution in [2.24, 2.45) is 0 Å². The molecule has 0 spiro atoms.